The van der Waals surface area contributed by atoms with Crippen molar-refractivity contribution >= 4 is 22.9 Å². The number of fused-ring (bicyclic) bond motifs is 1. The van der Waals surface area contributed by atoms with Gasteiger partial charge in [-0.25, -0.2) is 14.4 Å². The average Bonchev–Trinajstić information content (AvgIpc) is 2.90. The third-order valence-corrected chi connectivity index (χ3v) is 6.67. The monoisotopic (exact) mass is 485 g/mol. The smallest absolute Gasteiger partial charge is 0.295 e. The van der Waals surface area contributed by atoms with Crippen molar-refractivity contribution in [1.29, 1.82) is 0 Å². The van der Waals surface area contributed by atoms with Gasteiger partial charge in [0, 0.05) is 31.7 Å². The van der Waals surface area contributed by atoms with Gasteiger partial charge in [0.1, 0.15) is 11.3 Å². The Morgan fingerprint density at radius 1 is 1.06 bits per heavy atom. The van der Waals surface area contributed by atoms with E-state index in [1.54, 1.807) is 22.9 Å². The fourth-order valence-electron chi connectivity index (χ4n) is 4.63. The molecule has 1 saturated heterocycles. The number of pyridine rings is 1. The van der Waals surface area contributed by atoms with Gasteiger partial charge in [-0.05, 0) is 55.2 Å². The Kier molecular flexibility index (Phi) is 6.75. The molecule has 0 saturated carbocycles. The van der Waals surface area contributed by atoms with Crippen LogP contribution < -0.4 is 15.8 Å². The van der Waals surface area contributed by atoms with Gasteiger partial charge < -0.3 is 10.2 Å². The Bertz CT molecular complexity index is 1440. The molecule has 1 aliphatic heterocycles. The van der Waals surface area contributed by atoms with Gasteiger partial charge in [0.15, 0.2) is 11.5 Å². The molecule has 1 fully saturated rings. The first-order chi connectivity index (χ1) is 17.5. The van der Waals surface area contributed by atoms with Crippen molar-refractivity contribution in [3.8, 4) is 0 Å². The molecular weight excluding hydrogens is 457 g/mol. The van der Waals surface area contributed by atoms with Gasteiger partial charge in [0.2, 0.25) is 5.91 Å². The van der Waals surface area contributed by atoms with Crippen LogP contribution in [0.1, 0.15) is 29.5 Å². The molecule has 7 nitrogen and oxygen atoms in total. The van der Waals surface area contributed by atoms with Crippen LogP contribution in [0.25, 0.3) is 11.2 Å². The molecule has 0 radical (unpaired) electrons. The summed E-state index contributed by atoms with van der Waals surface area (Å²) in [7, 11) is 0. The van der Waals surface area contributed by atoms with Crippen LogP contribution in [0.15, 0.2) is 71.7 Å². The third-order valence-electron chi connectivity index (χ3n) is 6.67. The number of nitrogens with one attached hydrogen (secondary N) is 1. The number of hydrogen-bond acceptors (Lipinski definition) is 5. The van der Waals surface area contributed by atoms with Crippen LogP contribution in [-0.4, -0.2) is 33.5 Å². The highest BCUT2D eigenvalue weighted by Crippen LogP contribution is 2.22. The number of aryl methyl sites for hydroxylation is 1. The lowest BCUT2D eigenvalue weighted by molar-refractivity contribution is -0.125. The van der Waals surface area contributed by atoms with E-state index in [-0.39, 0.29) is 23.2 Å². The van der Waals surface area contributed by atoms with Crippen LogP contribution in [0.5, 0.6) is 0 Å². The van der Waals surface area contributed by atoms with Crippen molar-refractivity contribution in [3.05, 3.63) is 99.7 Å². The lowest BCUT2D eigenvalue weighted by atomic mass is 9.96. The van der Waals surface area contributed by atoms with Gasteiger partial charge in [-0.2, -0.15) is 0 Å². The molecule has 1 aliphatic rings. The van der Waals surface area contributed by atoms with E-state index < -0.39 is 0 Å². The Morgan fingerprint density at radius 2 is 1.83 bits per heavy atom. The minimum Gasteiger partial charge on any atom is -0.352 e. The van der Waals surface area contributed by atoms with E-state index in [0.717, 1.165) is 16.7 Å². The van der Waals surface area contributed by atoms with Crippen molar-refractivity contribution in [2.24, 2.45) is 5.92 Å². The largest absolute Gasteiger partial charge is 0.352 e. The maximum absolute atomic E-state index is 13.6. The number of halogens is 1. The summed E-state index contributed by atoms with van der Waals surface area (Å²) < 4.78 is 15.1. The van der Waals surface area contributed by atoms with Crippen molar-refractivity contribution < 1.29 is 9.18 Å². The number of nitrogens with zero attached hydrogens (tertiary/aromatic N) is 4. The van der Waals surface area contributed by atoms with Gasteiger partial charge in [-0.15, -0.1) is 0 Å². The second-order valence-corrected chi connectivity index (χ2v) is 9.27. The molecule has 0 unspecified atom stereocenters. The van der Waals surface area contributed by atoms with Gasteiger partial charge >= 0.3 is 0 Å². The fraction of sp³-hybridized carbons (Fsp3) is 0.286. The first-order valence-corrected chi connectivity index (χ1v) is 12.2. The zero-order valence-corrected chi connectivity index (χ0v) is 20.2. The molecule has 1 N–H and O–H groups in total. The van der Waals surface area contributed by atoms with Crippen LogP contribution in [0, 0.1) is 18.7 Å². The number of rotatable bonds is 6. The molecule has 0 bridgehead atoms. The first kappa shape index (κ1) is 23.7. The molecule has 4 aromatic rings. The number of piperidine rings is 1. The van der Waals surface area contributed by atoms with Gasteiger partial charge in [-0.3, -0.25) is 14.2 Å². The van der Waals surface area contributed by atoms with E-state index in [2.05, 4.69) is 15.3 Å². The summed E-state index contributed by atoms with van der Waals surface area (Å²) in [6.45, 7) is 3.83. The van der Waals surface area contributed by atoms with E-state index in [1.165, 1.54) is 12.1 Å². The highest BCUT2D eigenvalue weighted by molar-refractivity contribution is 5.79. The van der Waals surface area contributed by atoms with Crippen molar-refractivity contribution in [3.63, 3.8) is 0 Å². The molecular formula is C28H28FN5O2. The van der Waals surface area contributed by atoms with Crippen LogP contribution >= 0.6 is 0 Å². The van der Waals surface area contributed by atoms with Crippen LogP contribution in [0.4, 0.5) is 10.2 Å². The Balaban J connectivity index is 1.31. The van der Waals surface area contributed by atoms with Gasteiger partial charge in [0.25, 0.3) is 5.56 Å². The minimum atomic E-state index is -0.318. The summed E-state index contributed by atoms with van der Waals surface area (Å²) in [6.07, 6.45) is 2.89. The molecule has 0 atom stereocenters. The quantitative estimate of drug-likeness (QED) is 0.449. The predicted octanol–water partition coefficient (Wildman–Crippen LogP) is 3.82. The molecule has 1 amide bonds. The zero-order valence-electron chi connectivity index (χ0n) is 20.2. The van der Waals surface area contributed by atoms with E-state index in [0.29, 0.717) is 56.0 Å². The number of carbonyl (C=O) groups is 1. The molecule has 0 aliphatic carbocycles. The Morgan fingerprint density at radius 3 is 2.58 bits per heavy atom. The normalized spacial score (nSPS) is 14.2. The van der Waals surface area contributed by atoms with Crippen LogP contribution in [0.3, 0.4) is 0 Å². The molecule has 8 heteroatoms. The maximum Gasteiger partial charge on any atom is 0.295 e. The van der Waals surface area contributed by atoms with Crippen LogP contribution in [0.2, 0.25) is 0 Å². The summed E-state index contributed by atoms with van der Waals surface area (Å²) in [4.78, 5) is 37.3. The van der Waals surface area contributed by atoms with Gasteiger partial charge in [0.05, 0.1) is 6.54 Å². The third kappa shape index (κ3) is 5.12. The minimum absolute atomic E-state index is 0.0497. The Hall–Kier alpha value is -4.07. The molecule has 2 aromatic heterocycles. The fourth-order valence-corrected chi connectivity index (χ4v) is 4.63. The summed E-state index contributed by atoms with van der Waals surface area (Å²) in [6, 6.07) is 18.0. The van der Waals surface area contributed by atoms with E-state index in [4.69, 9.17) is 0 Å². The SMILES string of the molecule is Cc1ccc(Cn2c(=O)c(N3CCC(C(=O)NCc4cccc(F)c4)CC3)nc3cccnc32)cc1. The number of amides is 1. The Labute approximate surface area is 208 Å². The predicted molar refractivity (Wildman–Crippen MR) is 137 cm³/mol. The van der Waals surface area contributed by atoms with Crippen molar-refractivity contribution in [1.82, 2.24) is 19.9 Å². The molecule has 184 valence electrons. The second kappa shape index (κ2) is 10.3. The number of hydrogen-bond donors (Lipinski definition) is 1. The number of benzene rings is 2. The number of anilines is 1. The highest BCUT2D eigenvalue weighted by atomic mass is 19.1. The van der Waals surface area contributed by atoms with Gasteiger partial charge in [-0.1, -0.05) is 42.0 Å². The highest BCUT2D eigenvalue weighted by Gasteiger charge is 2.27. The number of carbonyl (C=O) groups excluding carboxylic acids is 1. The molecule has 2 aromatic carbocycles. The molecule has 5 rings (SSSR count). The van der Waals surface area contributed by atoms with E-state index in [1.807, 2.05) is 48.2 Å². The molecule has 36 heavy (non-hydrogen) atoms. The summed E-state index contributed by atoms with van der Waals surface area (Å²) >= 11 is 0. The lowest BCUT2D eigenvalue weighted by Crippen LogP contribution is -2.43. The summed E-state index contributed by atoms with van der Waals surface area (Å²) in [5.41, 5.74) is 3.93. The van der Waals surface area contributed by atoms with Crippen molar-refractivity contribution in [2.75, 3.05) is 18.0 Å². The number of aromatic nitrogens is 3. The van der Waals surface area contributed by atoms with E-state index >= 15 is 0 Å². The summed E-state index contributed by atoms with van der Waals surface area (Å²) in [5.74, 6) is -0.138. The standard InChI is InChI=1S/C28H28FN5O2/c1-19-7-9-20(10-8-19)18-34-25-24(6-3-13-30-25)32-26(28(34)36)33-14-11-22(12-15-33)27(35)31-17-21-4-2-5-23(29)16-21/h2-10,13,16,22H,11-12,14-15,17-18H2,1H3,(H,31,35). The zero-order chi connectivity index (χ0) is 25.1. The topological polar surface area (TPSA) is 80.1 Å². The molecule has 3 heterocycles. The van der Waals surface area contributed by atoms with Crippen LogP contribution in [-0.2, 0) is 17.9 Å². The summed E-state index contributed by atoms with van der Waals surface area (Å²) in [5, 5.41) is 2.91. The average molecular weight is 486 g/mol. The second-order valence-electron chi connectivity index (χ2n) is 9.27. The maximum atomic E-state index is 13.6. The molecule has 0 spiro atoms. The van der Waals surface area contributed by atoms with E-state index in [9.17, 15) is 14.0 Å². The van der Waals surface area contributed by atoms with Crippen molar-refractivity contribution in [2.45, 2.75) is 32.9 Å². The lowest BCUT2D eigenvalue weighted by Gasteiger charge is -2.32. The first-order valence-electron chi connectivity index (χ1n) is 12.2.